The van der Waals surface area contributed by atoms with Crippen molar-refractivity contribution in [2.45, 2.75) is 105 Å². The molecule has 3 aromatic heterocycles. The van der Waals surface area contributed by atoms with Crippen LogP contribution in [0, 0.1) is 0 Å². The Morgan fingerprint density at radius 2 is 1.00 bits per heavy atom. The molecule has 2 aliphatic rings. The molecule has 0 N–H and O–H groups in total. The number of hydrogen-bond acceptors (Lipinski definition) is 4. The molecular formula is C66H62BN3OS. The lowest BCUT2D eigenvalue weighted by atomic mass is 9.33. The van der Waals surface area contributed by atoms with Crippen LogP contribution >= 0.6 is 11.3 Å². The van der Waals surface area contributed by atoms with Crippen LogP contribution in [0.25, 0.3) is 58.8 Å². The van der Waals surface area contributed by atoms with Crippen LogP contribution in [0.5, 0.6) is 0 Å². The van der Waals surface area contributed by atoms with Crippen LogP contribution in [0.3, 0.4) is 0 Å². The first-order valence-corrected chi connectivity index (χ1v) is 26.6. The van der Waals surface area contributed by atoms with Gasteiger partial charge in [-0.15, -0.1) is 11.3 Å². The SMILES string of the molecule is CC(C)(C)c1ccc(N(c2ccc(C(C)(C)C)cc2)c2ccc3c(c2)N(c2cccc4sc5ccccc5c24)c2cc(C(C)(C)C)cc4c2B3c2cc(C(C)(C)C)cc3c5oc6ccccc6c5n-4c23)cc1. The Morgan fingerprint density at radius 1 is 0.431 bits per heavy atom. The minimum atomic E-state index is -0.161. The van der Waals surface area contributed by atoms with Crippen LogP contribution in [0.15, 0.2) is 162 Å². The molecule has 13 rings (SSSR count). The first kappa shape index (κ1) is 44.9. The van der Waals surface area contributed by atoms with Crippen molar-refractivity contribution in [1.82, 2.24) is 4.57 Å². The maximum atomic E-state index is 7.01. The van der Waals surface area contributed by atoms with E-state index in [4.69, 9.17) is 4.42 Å². The van der Waals surface area contributed by atoms with Gasteiger partial charge in [-0.2, -0.15) is 0 Å². The molecule has 11 aromatic rings. The number of anilines is 6. The summed E-state index contributed by atoms with van der Waals surface area (Å²) in [7, 11) is 0. The van der Waals surface area contributed by atoms with Crippen molar-refractivity contribution in [3.63, 3.8) is 0 Å². The molecule has 0 fully saturated rings. The zero-order valence-corrected chi connectivity index (χ0v) is 44.6. The molecule has 8 aromatic carbocycles. The number of nitrogens with zero attached hydrogens (tertiary/aromatic N) is 3. The minimum Gasteiger partial charge on any atom is -0.454 e. The van der Waals surface area contributed by atoms with Crippen molar-refractivity contribution in [3.8, 4) is 5.69 Å². The summed E-state index contributed by atoms with van der Waals surface area (Å²) in [5.41, 5.74) is 21.4. The molecule has 0 unspecified atom stereocenters. The second-order valence-electron chi connectivity index (χ2n) is 24.7. The molecular weight excluding hydrogens is 894 g/mol. The summed E-state index contributed by atoms with van der Waals surface area (Å²) >= 11 is 1.88. The predicted octanol–water partition coefficient (Wildman–Crippen LogP) is 17.2. The van der Waals surface area contributed by atoms with Crippen molar-refractivity contribution in [2.75, 3.05) is 9.80 Å². The van der Waals surface area contributed by atoms with E-state index in [0.717, 1.165) is 39.1 Å². The Balaban J connectivity index is 1.17. The Bertz CT molecular complexity index is 3970. The molecule has 0 atom stereocenters. The molecule has 0 saturated heterocycles. The highest BCUT2D eigenvalue weighted by atomic mass is 32.1. The quantitative estimate of drug-likeness (QED) is 0.164. The number of benzene rings is 8. The van der Waals surface area contributed by atoms with Gasteiger partial charge in [-0.05, 0) is 145 Å². The third-order valence-electron chi connectivity index (χ3n) is 15.8. The molecule has 0 radical (unpaired) electrons. The Morgan fingerprint density at radius 3 is 1.65 bits per heavy atom. The van der Waals surface area contributed by atoms with Crippen LogP contribution < -0.4 is 26.2 Å². The van der Waals surface area contributed by atoms with E-state index >= 15 is 0 Å². The van der Waals surface area contributed by atoms with Gasteiger partial charge in [0.05, 0.1) is 11.2 Å². The molecule has 6 heteroatoms. The van der Waals surface area contributed by atoms with E-state index in [-0.39, 0.29) is 28.4 Å². The maximum absolute atomic E-state index is 7.01. The van der Waals surface area contributed by atoms with E-state index in [1.807, 2.05) is 11.3 Å². The van der Waals surface area contributed by atoms with E-state index in [1.165, 1.54) is 92.5 Å². The van der Waals surface area contributed by atoms with Crippen molar-refractivity contribution in [2.24, 2.45) is 0 Å². The number of aromatic nitrogens is 1. The van der Waals surface area contributed by atoms with Crippen molar-refractivity contribution < 1.29 is 4.42 Å². The number of furan rings is 1. The lowest BCUT2D eigenvalue weighted by Crippen LogP contribution is -2.60. The largest absolute Gasteiger partial charge is 0.454 e. The summed E-state index contributed by atoms with van der Waals surface area (Å²) in [6.07, 6.45) is 0. The molecule has 72 heavy (non-hydrogen) atoms. The van der Waals surface area contributed by atoms with Crippen LogP contribution in [-0.2, 0) is 21.7 Å². The van der Waals surface area contributed by atoms with Crippen LogP contribution in [0.1, 0.15) is 105 Å². The molecule has 356 valence electrons. The van der Waals surface area contributed by atoms with Crippen LogP contribution in [-0.4, -0.2) is 11.3 Å². The number of fused-ring (bicyclic) bond motifs is 12. The Hall–Kier alpha value is -7.02. The van der Waals surface area contributed by atoms with Crippen LogP contribution in [0.2, 0.25) is 0 Å². The first-order chi connectivity index (χ1) is 34.2. The van der Waals surface area contributed by atoms with Gasteiger partial charge in [0.25, 0.3) is 6.71 Å². The lowest BCUT2D eigenvalue weighted by Gasteiger charge is -2.42. The van der Waals surface area contributed by atoms with E-state index < -0.39 is 0 Å². The topological polar surface area (TPSA) is 24.6 Å². The van der Waals surface area contributed by atoms with Gasteiger partial charge in [0.15, 0.2) is 5.58 Å². The third-order valence-corrected chi connectivity index (χ3v) is 16.9. The number of rotatable bonds is 4. The molecule has 4 nitrogen and oxygen atoms in total. The lowest BCUT2D eigenvalue weighted by molar-refractivity contribution is 0.590. The fraction of sp³-hybridized carbons (Fsp3) is 0.242. The van der Waals surface area contributed by atoms with Gasteiger partial charge in [-0.1, -0.05) is 156 Å². The minimum absolute atomic E-state index is 0.0280. The Kier molecular flexibility index (Phi) is 9.51. The normalized spacial score (nSPS) is 13.8. The molecule has 5 heterocycles. The number of para-hydroxylation sites is 1. The zero-order valence-electron chi connectivity index (χ0n) is 43.7. The van der Waals surface area contributed by atoms with Gasteiger partial charge in [-0.3, -0.25) is 0 Å². The van der Waals surface area contributed by atoms with E-state index in [2.05, 4.69) is 255 Å². The standard InChI is InChI=1S/C66H62BN3OS/c1-63(2,3)39-24-28-43(29-25-39)68(44-30-26-40(27-31-44)64(4,5)6)45-32-33-49-52(38-45)69(51-20-17-23-57-58(51)47-19-14-16-22-56(47)72-57)53-36-42(66(10,11)12)37-54-59(53)67(49)50-35-41(65(7,8)9)34-48-60(50)70(54)61-46-18-13-15-21-55(46)71-62(48)61/h13-38H,1-12H3. The first-order valence-electron chi connectivity index (χ1n) is 25.8. The second-order valence-corrected chi connectivity index (χ2v) is 25.8. The Labute approximate surface area is 428 Å². The summed E-state index contributed by atoms with van der Waals surface area (Å²) in [5.74, 6) is 0. The van der Waals surface area contributed by atoms with E-state index in [1.54, 1.807) is 0 Å². The van der Waals surface area contributed by atoms with Crippen molar-refractivity contribution in [1.29, 1.82) is 0 Å². The third kappa shape index (κ3) is 6.70. The predicted molar refractivity (Wildman–Crippen MR) is 312 cm³/mol. The highest BCUT2D eigenvalue weighted by Crippen LogP contribution is 2.50. The maximum Gasteiger partial charge on any atom is 0.252 e. The summed E-state index contributed by atoms with van der Waals surface area (Å²) < 4.78 is 12.2. The van der Waals surface area contributed by atoms with Crippen molar-refractivity contribution >= 4 is 122 Å². The average molecular weight is 956 g/mol. The molecule has 0 amide bonds. The second kappa shape index (κ2) is 15.3. The molecule has 0 aliphatic carbocycles. The monoisotopic (exact) mass is 955 g/mol. The summed E-state index contributed by atoms with van der Waals surface area (Å²) in [5, 5.41) is 4.88. The van der Waals surface area contributed by atoms with Crippen molar-refractivity contribution in [3.05, 3.63) is 180 Å². The van der Waals surface area contributed by atoms with Gasteiger partial charge in [0.2, 0.25) is 0 Å². The summed E-state index contributed by atoms with van der Waals surface area (Å²) in [6, 6.07) is 60.4. The fourth-order valence-corrected chi connectivity index (χ4v) is 13.0. The van der Waals surface area contributed by atoms with Gasteiger partial charge in [0.1, 0.15) is 11.1 Å². The molecule has 0 saturated carbocycles. The summed E-state index contributed by atoms with van der Waals surface area (Å²) in [6.45, 7) is 27.8. The molecule has 0 spiro atoms. The van der Waals surface area contributed by atoms with E-state index in [9.17, 15) is 0 Å². The smallest absolute Gasteiger partial charge is 0.252 e. The highest BCUT2D eigenvalue weighted by Gasteiger charge is 2.45. The van der Waals surface area contributed by atoms with Gasteiger partial charge in [-0.25, -0.2) is 0 Å². The highest BCUT2D eigenvalue weighted by molar-refractivity contribution is 7.26. The zero-order chi connectivity index (χ0) is 50.0. The van der Waals surface area contributed by atoms with Gasteiger partial charge < -0.3 is 18.8 Å². The van der Waals surface area contributed by atoms with Gasteiger partial charge in [0, 0.05) is 65.1 Å². The number of hydrogen-bond donors (Lipinski definition) is 0. The molecule has 0 bridgehead atoms. The fourth-order valence-electron chi connectivity index (χ4n) is 11.8. The van der Waals surface area contributed by atoms with Gasteiger partial charge >= 0.3 is 0 Å². The van der Waals surface area contributed by atoms with Crippen LogP contribution in [0.4, 0.5) is 34.1 Å². The average Bonchev–Trinajstić information content (AvgIpc) is 4.01. The van der Waals surface area contributed by atoms with E-state index in [0.29, 0.717) is 0 Å². The summed E-state index contributed by atoms with van der Waals surface area (Å²) in [4.78, 5) is 5.12. The number of thiophene rings is 1. The molecule has 2 aliphatic heterocycles.